The maximum Gasteiger partial charge on any atom is 0.317 e. The normalized spacial score (nSPS) is 9.84. The Morgan fingerprint density at radius 1 is 1.53 bits per heavy atom. The van der Waals surface area contributed by atoms with Crippen LogP contribution in [0, 0.1) is 6.92 Å². The molecule has 1 rings (SSSR count). The third kappa shape index (κ3) is 4.66. The van der Waals surface area contributed by atoms with Gasteiger partial charge < -0.3 is 15.0 Å². The summed E-state index contributed by atoms with van der Waals surface area (Å²) in [7, 11) is 1.74. The van der Waals surface area contributed by atoms with Crippen LogP contribution in [0.2, 0.25) is 0 Å². The maximum atomic E-state index is 11.7. The van der Waals surface area contributed by atoms with E-state index in [-0.39, 0.29) is 6.03 Å². The summed E-state index contributed by atoms with van der Waals surface area (Å²) in [4.78, 5) is 13.3. The van der Waals surface area contributed by atoms with Gasteiger partial charge in [0.2, 0.25) is 0 Å². The topological polar surface area (TPSA) is 41.6 Å². The van der Waals surface area contributed by atoms with Crippen LogP contribution in [-0.4, -0.2) is 31.1 Å². The van der Waals surface area contributed by atoms with Gasteiger partial charge >= 0.3 is 6.03 Å². The molecule has 0 bridgehead atoms. The Hall–Kier alpha value is -1.97. The fourth-order valence-corrected chi connectivity index (χ4v) is 1.73. The van der Waals surface area contributed by atoms with Crippen molar-refractivity contribution in [3.8, 4) is 5.75 Å². The average molecular weight is 262 g/mol. The molecule has 0 fully saturated rings. The lowest BCUT2D eigenvalue weighted by Crippen LogP contribution is -2.36. The molecule has 104 valence electrons. The molecule has 0 saturated heterocycles. The molecule has 0 atom stereocenters. The van der Waals surface area contributed by atoms with Crippen LogP contribution in [0.4, 0.5) is 4.79 Å². The minimum absolute atomic E-state index is 0.105. The summed E-state index contributed by atoms with van der Waals surface area (Å²) in [5, 5.41) is 2.86. The summed E-state index contributed by atoms with van der Waals surface area (Å²) < 4.78 is 5.48. The van der Waals surface area contributed by atoms with Crippen LogP contribution < -0.4 is 10.1 Å². The number of carbonyl (C=O) groups is 1. The molecule has 19 heavy (non-hydrogen) atoms. The highest BCUT2D eigenvalue weighted by molar-refractivity contribution is 5.74. The SMILES string of the molecule is C=CCN(C)C(=O)NCc1ccc(OCC)c(C)c1. The Kier molecular flexibility index (Phi) is 5.93. The van der Waals surface area contributed by atoms with Crippen LogP contribution in [0.5, 0.6) is 5.75 Å². The second kappa shape index (κ2) is 7.46. The van der Waals surface area contributed by atoms with E-state index >= 15 is 0 Å². The summed E-state index contributed by atoms with van der Waals surface area (Å²) in [5.41, 5.74) is 2.13. The molecule has 2 amide bonds. The van der Waals surface area contributed by atoms with Gasteiger partial charge in [-0.15, -0.1) is 6.58 Å². The maximum absolute atomic E-state index is 11.7. The number of nitrogens with one attached hydrogen (secondary N) is 1. The Balaban J connectivity index is 2.56. The molecule has 0 aliphatic rings. The summed E-state index contributed by atoms with van der Waals surface area (Å²) in [5.74, 6) is 0.890. The fourth-order valence-electron chi connectivity index (χ4n) is 1.73. The fraction of sp³-hybridized carbons (Fsp3) is 0.400. The zero-order valence-corrected chi connectivity index (χ0v) is 11.9. The zero-order chi connectivity index (χ0) is 14.3. The Labute approximate surface area is 115 Å². The molecule has 0 radical (unpaired) electrons. The molecule has 1 aromatic carbocycles. The van der Waals surface area contributed by atoms with E-state index in [2.05, 4.69) is 11.9 Å². The third-order valence-corrected chi connectivity index (χ3v) is 2.73. The highest BCUT2D eigenvalue weighted by Gasteiger charge is 2.06. The monoisotopic (exact) mass is 262 g/mol. The number of benzene rings is 1. The number of carbonyl (C=O) groups excluding carboxylic acids is 1. The summed E-state index contributed by atoms with van der Waals surface area (Å²) in [6, 6.07) is 5.82. The van der Waals surface area contributed by atoms with Gasteiger partial charge in [0.15, 0.2) is 0 Å². The largest absolute Gasteiger partial charge is 0.494 e. The number of hydrogen-bond acceptors (Lipinski definition) is 2. The number of hydrogen-bond donors (Lipinski definition) is 1. The minimum atomic E-state index is -0.105. The van der Waals surface area contributed by atoms with Gasteiger partial charge in [0.1, 0.15) is 5.75 Å². The molecule has 0 heterocycles. The first-order valence-electron chi connectivity index (χ1n) is 6.40. The van der Waals surface area contributed by atoms with Crippen molar-refractivity contribution in [1.29, 1.82) is 0 Å². The van der Waals surface area contributed by atoms with E-state index in [1.54, 1.807) is 18.0 Å². The second-order valence-corrected chi connectivity index (χ2v) is 4.36. The number of urea groups is 1. The average Bonchev–Trinajstić information content (AvgIpc) is 2.39. The van der Waals surface area contributed by atoms with Crippen molar-refractivity contribution in [2.24, 2.45) is 0 Å². The van der Waals surface area contributed by atoms with Crippen LogP contribution in [0.25, 0.3) is 0 Å². The first kappa shape index (κ1) is 15.1. The molecular weight excluding hydrogens is 240 g/mol. The highest BCUT2D eigenvalue weighted by Crippen LogP contribution is 2.18. The summed E-state index contributed by atoms with van der Waals surface area (Å²) >= 11 is 0. The minimum Gasteiger partial charge on any atom is -0.494 e. The second-order valence-electron chi connectivity index (χ2n) is 4.36. The lowest BCUT2D eigenvalue weighted by Gasteiger charge is -2.16. The van der Waals surface area contributed by atoms with E-state index in [1.807, 2.05) is 32.0 Å². The molecular formula is C15H22N2O2. The first-order valence-corrected chi connectivity index (χ1v) is 6.40. The standard InChI is InChI=1S/C15H22N2O2/c1-5-9-17(4)15(18)16-11-13-7-8-14(19-6-2)12(3)10-13/h5,7-8,10H,1,6,9,11H2,2-4H3,(H,16,18). The zero-order valence-electron chi connectivity index (χ0n) is 11.9. The van der Waals surface area contributed by atoms with E-state index in [0.29, 0.717) is 19.7 Å². The van der Waals surface area contributed by atoms with Crippen LogP contribution in [0.1, 0.15) is 18.1 Å². The summed E-state index contributed by atoms with van der Waals surface area (Å²) in [6.45, 7) is 9.27. The predicted molar refractivity (Wildman–Crippen MR) is 77.4 cm³/mol. The number of rotatable bonds is 6. The van der Waals surface area contributed by atoms with Crippen molar-refractivity contribution in [2.45, 2.75) is 20.4 Å². The molecule has 0 spiro atoms. The van der Waals surface area contributed by atoms with Crippen molar-refractivity contribution < 1.29 is 9.53 Å². The number of ether oxygens (including phenoxy) is 1. The molecule has 4 nitrogen and oxygen atoms in total. The van der Waals surface area contributed by atoms with Gasteiger partial charge in [0.05, 0.1) is 6.61 Å². The van der Waals surface area contributed by atoms with Crippen molar-refractivity contribution in [3.05, 3.63) is 42.0 Å². The van der Waals surface area contributed by atoms with Crippen LogP contribution in [0.15, 0.2) is 30.9 Å². The molecule has 0 aliphatic carbocycles. The third-order valence-electron chi connectivity index (χ3n) is 2.73. The predicted octanol–water partition coefficient (Wildman–Crippen LogP) is 2.72. The van der Waals surface area contributed by atoms with Crippen LogP contribution in [-0.2, 0) is 6.54 Å². The molecule has 1 N–H and O–H groups in total. The Bertz CT molecular complexity index is 444. The van der Waals surface area contributed by atoms with Gasteiger partial charge in [-0.2, -0.15) is 0 Å². The van der Waals surface area contributed by atoms with E-state index < -0.39 is 0 Å². The van der Waals surface area contributed by atoms with Crippen molar-refractivity contribution in [3.63, 3.8) is 0 Å². The van der Waals surface area contributed by atoms with Crippen molar-refractivity contribution in [2.75, 3.05) is 20.2 Å². The van der Waals surface area contributed by atoms with E-state index in [4.69, 9.17) is 4.74 Å². The van der Waals surface area contributed by atoms with Crippen LogP contribution in [0.3, 0.4) is 0 Å². The molecule has 1 aromatic rings. The smallest absolute Gasteiger partial charge is 0.317 e. The highest BCUT2D eigenvalue weighted by atomic mass is 16.5. The number of amides is 2. The van der Waals surface area contributed by atoms with Gasteiger partial charge in [-0.25, -0.2) is 4.79 Å². The number of aryl methyl sites for hydroxylation is 1. The number of nitrogens with zero attached hydrogens (tertiary/aromatic N) is 1. The number of likely N-dealkylation sites (N-methyl/N-ethyl adjacent to an activating group) is 1. The summed E-state index contributed by atoms with van der Waals surface area (Å²) in [6.07, 6.45) is 1.70. The molecule has 0 aliphatic heterocycles. The van der Waals surface area contributed by atoms with Gasteiger partial charge in [-0.1, -0.05) is 18.2 Å². The molecule has 0 saturated carbocycles. The Morgan fingerprint density at radius 2 is 2.26 bits per heavy atom. The first-order chi connectivity index (χ1) is 9.08. The lowest BCUT2D eigenvalue weighted by atomic mass is 10.1. The van der Waals surface area contributed by atoms with Crippen molar-refractivity contribution in [1.82, 2.24) is 10.2 Å². The quantitative estimate of drug-likeness (QED) is 0.801. The molecule has 4 heteroatoms. The van der Waals surface area contributed by atoms with Crippen LogP contribution >= 0.6 is 0 Å². The van der Waals surface area contributed by atoms with Gasteiger partial charge in [-0.05, 0) is 31.0 Å². The lowest BCUT2D eigenvalue weighted by molar-refractivity contribution is 0.212. The van der Waals surface area contributed by atoms with E-state index in [9.17, 15) is 4.79 Å². The van der Waals surface area contributed by atoms with Gasteiger partial charge in [-0.3, -0.25) is 0 Å². The van der Waals surface area contributed by atoms with E-state index in [0.717, 1.165) is 16.9 Å². The van der Waals surface area contributed by atoms with Gasteiger partial charge in [0.25, 0.3) is 0 Å². The molecule has 0 unspecified atom stereocenters. The molecule has 0 aromatic heterocycles. The van der Waals surface area contributed by atoms with Crippen molar-refractivity contribution >= 4 is 6.03 Å². The van der Waals surface area contributed by atoms with E-state index in [1.165, 1.54) is 0 Å². The van der Waals surface area contributed by atoms with Gasteiger partial charge in [0, 0.05) is 20.1 Å². The Morgan fingerprint density at radius 3 is 2.84 bits per heavy atom.